The van der Waals surface area contributed by atoms with Crippen LogP contribution in [0.4, 0.5) is 5.69 Å². The van der Waals surface area contributed by atoms with Crippen molar-refractivity contribution in [2.24, 2.45) is 0 Å². The number of hydrogen-bond donors (Lipinski definition) is 0. The van der Waals surface area contributed by atoms with Crippen LogP contribution in [-0.4, -0.2) is 48.6 Å². The predicted molar refractivity (Wildman–Crippen MR) is 98.3 cm³/mol. The van der Waals surface area contributed by atoms with Crippen molar-refractivity contribution < 1.29 is 9.53 Å². The number of aromatic nitrogens is 1. The topological polar surface area (TPSA) is 45.7 Å². The number of anilines is 1. The van der Waals surface area contributed by atoms with E-state index >= 15 is 0 Å². The molecule has 2 heterocycles. The third-order valence-corrected chi connectivity index (χ3v) is 4.47. The molecule has 1 aliphatic heterocycles. The summed E-state index contributed by atoms with van der Waals surface area (Å²) >= 11 is 0. The van der Waals surface area contributed by atoms with Crippen molar-refractivity contribution in [3.05, 3.63) is 60.4 Å². The number of amides is 1. The van der Waals surface area contributed by atoms with E-state index in [4.69, 9.17) is 4.74 Å². The fourth-order valence-corrected chi connectivity index (χ4v) is 3.08. The monoisotopic (exact) mass is 339 g/mol. The van der Waals surface area contributed by atoms with E-state index in [1.807, 2.05) is 65.5 Å². The molecule has 0 spiro atoms. The molecule has 0 N–H and O–H groups in total. The second-order valence-corrected chi connectivity index (χ2v) is 6.46. The number of likely N-dealkylation sites (N-methyl/N-ethyl adjacent to an activating group) is 1. The Morgan fingerprint density at radius 3 is 2.76 bits per heavy atom. The first-order valence-electron chi connectivity index (χ1n) is 8.77. The molecule has 3 rings (SSSR count). The summed E-state index contributed by atoms with van der Waals surface area (Å²) in [6, 6.07) is 13.9. The number of carbonyl (C=O) groups excluding carboxylic acids is 1. The molecule has 0 saturated carbocycles. The molecule has 0 bridgehead atoms. The smallest absolute Gasteiger partial charge is 0.242 e. The van der Waals surface area contributed by atoms with Crippen molar-refractivity contribution in [1.82, 2.24) is 9.88 Å². The minimum absolute atomic E-state index is 0.103. The number of benzene rings is 1. The van der Waals surface area contributed by atoms with E-state index < -0.39 is 0 Å². The summed E-state index contributed by atoms with van der Waals surface area (Å²) in [5, 5.41) is 0. The van der Waals surface area contributed by atoms with Gasteiger partial charge in [-0.15, -0.1) is 0 Å². The van der Waals surface area contributed by atoms with Crippen molar-refractivity contribution in [3.8, 4) is 0 Å². The van der Waals surface area contributed by atoms with Crippen molar-refractivity contribution in [3.63, 3.8) is 0 Å². The van der Waals surface area contributed by atoms with Crippen LogP contribution in [0.5, 0.6) is 0 Å². The van der Waals surface area contributed by atoms with Crippen LogP contribution in [0, 0.1) is 0 Å². The van der Waals surface area contributed by atoms with E-state index in [1.165, 1.54) is 0 Å². The molecule has 1 amide bonds. The SMILES string of the molecule is CN(CC(=O)N(Cc1cccnc1)CC1CCCO1)c1ccccc1. The molecule has 0 aliphatic carbocycles. The summed E-state index contributed by atoms with van der Waals surface area (Å²) in [5.74, 6) is 0.103. The number of pyridine rings is 1. The summed E-state index contributed by atoms with van der Waals surface area (Å²) in [6.07, 6.45) is 5.80. The Hall–Kier alpha value is -2.40. The zero-order valence-corrected chi connectivity index (χ0v) is 14.7. The van der Waals surface area contributed by atoms with Gasteiger partial charge in [0, 0.05) is 44.8 Å². The highest BCUT2D eigenvalue weighted by Gasteiger charge is 2.23. The van der Waals surface area contributed by atoms with Crippen molar-refractivity contribution >= 4 is 11.6 Å². The first-order chi connectivity index (χ1) is 12.2. The minimum atomic E-state index is 0.103. The fourth-order valence-electron chi connectivity index (χ4n) is 3.08. The molecule has 1 aromatic carbocycles. The molecule has 1 saturated heterocycles. The Balaban J connectivity index is 1.67. The van der Waals surface area contributed by atoms with Crippen molar-refractivity contribution in [2.75, 3.05) is 31.6 Å². The Labute approximate surface area is 149 Å². The van der Waals surface area contributed by atoms with Gasteiger partial charge in [-0.2, -0.15) is 0 Å². The van der Waals surface area contributed by atoms with Gasteiger partial charge in [-0.05, 0) is 36.6 Å². The molecular formula is C20H25N3O2. The van der Waals surface area contributed by atoms with Gasteiger partial charge in [0.1, 0.15) is 0 Å². The Morgan fingerprint density at radius 1 is 1.24 bits per heavy atom. The maximum absolute atomic E-state index is 12.9. The van der Waals surface area contributed by atoms with Gasteiger partial charge in [-0.3, -0.25) is 9.78 Å². The summed E-state index contributed by atoms with van der Waals surface area (Å²) in [4.78, 5) is 21.0. The third-order valence-electron chi connectivity index (χ3n) is 4.47. The van der Waals surface area contributed by atoms with E-state index in [-0.39, 0.29) is 12.0 Å². The number of para-hydroxylation sites is 1. The highest BCUT2D eigenvalue weighted by Crippen LogP contribution is 2.16. The summed E-state index contributed by atoms with van der Waals surface area (Å²) < 4.78 is 5.74. The van der Waals surface area contributed by atoms with Gasteiger partial charge >= 0.3 is 0 Å². The highest BCUT2D eigenvalue weighted by atomic mass is 16.5. The maximum atomic E-state index is 12.9. The van der Waals surface area contributed by atoms with Gasteiger partial charge in [-0.25, -0.2) is 0 Å². The molecule has 1 fully saturated rings. The number of hydrogen-bond acceptors (Lipinski definition) is 4. The molecule has 5 heteroatoms. The lowest BCUT2D eigenvalue weighted by atomic mass is 10.2. The van der Waals surface area contributed by atoms with Crippen LogP contribution < -0.4 is 4.90 Å². The zero-order chi connectivity index (χ0) is 17.5. The van der Waals surface area contributed by atoms with Gasteiger partial charge in [0.05, 0.1) is 12.6 Å². The maximum Gasteiger partial charge on any atom is 0.242 e. The molecular weight excluding hydrogens is 314 g/mol. The van der Waals surface area contributed by atoms with Crippen LogP contribution in [0.2, 0.25) is 0 Å². The quantitative estimate of drug-likeness (QED) is 0.778. The second kappa shape index (κ2) is 8.62. The average Bonchev–Trinajstić information content (AvgIpc) is 3.16. The van der Waals surface area contributed by atoms with Crippen molar-refractivity contribution in [2.45, 2.75) is 25.5 Å². The molecule has 0 radical (unpaired) electrons. The van der Waals surface area contributed by atoms with Crippen LogP contribution in [-0.2, 0) is 16.1 Å². The molecule has 1 aromatic heterocycles. The lowest BCUT2D eigenvalue weighted by Gasteiger charge is -2.28. The first kappa shape index (κ1) is 17.4. The Bertz CT molecular complexity index is 657. The van der Waals surface area contributed by atoms with Gasteiger partial charge in [0.15, 0.2) is 0 Å². The van der Waals surface area contributed by atoms with Crippen molar-refractivity contribution in [1.29, 1.82) is 0 Å². The zero-order valence-electron chi connectivity index (χ0n) is 14.7. The van der Waals surface area contributed by atoms with E-state index in [2.05, 4.69) is 4.98 Å². The van der Waals surface area contributed by atoms with Crippen LogP contribution in [0.25, 0.3) is 0 Å². The number of rotatable bonds is 7. The van der Waals surface area contributed by atoms with E-state index in [0.29, 0.717) is 19.6 Å². The molecule has 1 aliphatic rings. The normalized spacial score (nSPS) is 16.6. The largest absolute Gasteiger partial charge is 0.376 e. The van der Waals surface area contributed by atoms with Crippen LogP contribution in [0.15, 0.2) is 54.9 Å². The fraction of sp³-hybridized carbons (Fsp3) is 0.400. The van der Waals surface area contributed by atoms with E-state index in [0.717, 1.165) is 30.7 Å². The molecule has 1 atom stereocenters. The molecule has 1 unspecified atom stereocenters. The third kappa shape index (κ3) is 5.03. The Morgan fingerprint density at radius 2 is 2.08 bits per heavy atom. The predicted octanol–water partition coefficient (Wildman–Crippen LogP) is 2.73. The number of nitrogens with zero attached hydrogens (tertiary/aromatic N) is 3. The summed E-state index contributed by atoms with van der Waals surface area (Å²) in [5.41, 5.74) is 2.07. The van der Waals surface area contributed by atoms with Gasteiger partial charge in [0.2, 0.25) is 5.91 Å². The van der Waals surface area contributed by atoms with Crippen LogP contribution >= 0.6 is 0 Å². The average molecular weight is 339 g/mol. The lowest BCUT2D eigenvalue weighted by Crippen LogP contribution is -2.42. The number of carbonyl (C=O) groups is 1. The highest BCUT2D eigenvalue weighted by molar-refractivity contribution is 5.81. The van der Waals surface area contributed by atoms with E-state index in [1.54, 1.807) is 6.20 Å². The molecule has 5 nitrogen and oxygen atoms in total. The first-order valence-corrected chi connectivity index (χ1v) is 8.77. The van der Waals surface area contributed by atoms with Crippen LogP contribution in [0.1, 0.15) is 18.4 Å². The molecule has 25 heavy (non-hydrogen) atoms. The minimum Gasteiger partial charge on any atom is -0.376 e. The molecule has 132 valence electrons. The van der Waals surface area contributed by atoms with Gasteiger partial charge in [-0.1, -0.05) is 24.3 Å². The number of ether oxygens (including phenoxy) is 1. The van der Waals surface area contributed by atoms with Crippen LogP contribution in [0.3, 0.4) is 0 Å². The van der Waals surface area contributed by atoms with Gasteiger partial charge in [0.25, 0.3) is 0 Å². The summed E-state index contributed by atoms with van der Waals surface area (Å²) in [6.45, 7) is 2.34. The summed E-state index contributed by atoms with van der Waals surface area (Å²) in [7, 11) is 1.95. The standard InChI is InChI=1S/C20H25N3O2/c1-22(18-8-3-2-4-9-18)16-20(24)23(15-19-10-6-12-25-19)14-17-7-5-11-21-13-17/h2-5,7-9,11,13,19H,6,10,12,14-16H2,1H3. The van der Waals surface area contributed by atoms with E-state index in [9.17, 15) is 4.79 Å². The second-order valence-electron chi connectivity index (χ2n) is 6.46. The molecule has 2 aromatic rings. The lowest BCUT2D eigenvalue weighted by molar-refractivity contribution is -0.131. The van der Waals surface area contributed by atoms with Gasteiger partial charge < -0.3 is 14.5 Å². The Kier molecular flexibility index (Phi) is 6.01.